The van der Waals surface area contributed by atoms with E-state index in [-0.39, 0.29) is 0 Å². The summed E-state index contributed by atoms with van der Waals surface area (Å²) in [4.78, 5) is 14.9. The van der Waals surface area contributed by atoms with Crippen molar-refractivity contribution < 1.29 is 0 Å². The zero-order chi connectivity index (χ0) is 37.2. The van der Waals surface area contributed by atoms with Gasteiger partial charge in [-0.05, 0) is 97.1 Å². The summed E-state index contributed by atoms with van der Waals surface area (Å²) in [5, 5.41) is 0. The molecule has 56 heavy (non-hydrogen) atoms. The van der Waals surface area contributed by atoms with E-state index in [4.69, 9.17) is 20.7 Å². The van der Waals surface area contributed by atoms with Crippen LogP contribution in [0.4, 0.5) is 5.69 Å². The molecule has 1 spiro atoms. The van der Waals surface area contributed by atoms with Crippen molar-refractivity contribution >= 4 is 5.69 Å². The Morgan fingerprint density at radius 3 is 1.25 bits per heavy atom. The Morgan fingerprint density at radius 1 is 0.286 bits per heavy atom. The molecule has 4 nitrogen and oxygen atoms in total. The maximum Gasteiger partial charge on any atom is 0.164 e. The van der Waals surface area contributed by atoms with Crippen molar-refractivity contribution in [2.45, 2.75) is 5.41 Å². The molecule has 2 aliphatic carbocycles. The highest BCUT2D eigenvalue weighted by Gasteiger charge is 2.51. The van der Waals surface area contributed by atoms with Gasteiger partial charge in [0.25, 0.3) is 0 Å². The van der Waals surface area contributed by atoms with Gasteiger partial charge in [0.1, 0.15) is 0 Å². The van der Waals surface area contributed by atoms with Crippen LogP contribution in [-0.2, 0) is 5.41 Å². The molecule has 2 aliphatic rings. The smallest absolute Gasteiger partial charge is 0.164 e. The van der Waals surface area contributed by atoms with Crippen LogP contribution < -0.4 is 5.73 Å². The lowest BCUT2D eigenvalue weighted by Gasteiger charge is -2.30. The number of nitrogens with two attached hydrogens (primary N) is 1. The van der Waals surface area contributed by atoms with Crippen LogP contribution >= 0.6 is 0 Å². The first-order valence-electron chi connectivity index (χ1n) is 19.0. The van der Waals surface area contributed by atoms with E-state index in [0.29, 0.717) is 17.5 Å². The summed E-state index contributed by atoms with van der Waals surface area (Å²) in [5.74, 6) is 1.93. The number of hydrogen-bond donors (Lipinski definition) is 1. The first kappa shape index (κ1) is 32.0. The monoisotopic (exact) mass is 714 g/mol. The molecule has 0 saturated heterocycles. The van der Waals surface area contributed by atoms with Gasteiger partial charge in [0.05, 0.1) is 5.41 Å². The molecular weight excluding hydrogens is 681 g/mol. The van der Waals surface area contributed by atoms with Gasteiger partial charge in [0.15, 0.2) is 17.5 Å². The summed E-state index contributed by atoms with van der Waals surface area (Å²) >= 11 is 0. The Kier molecular flexibility index (Phi) is 7.20. The van der Waals surface area contributed by atoms with Gasteiger partial charge in [-0.25, -0.2) is 15.0 Å². The largest absolute Gasteiger partial charge is 0.399 e. The second-order valence-electron chi connectivity index (χ2n) is 14.6. The van der Waals surface area contributed by atoms with Crippen LogP contribution in [0.25, 0.3) is 78.7 Å². The van der Waals surface area contributed by atoms with Crippen LogP contribution in [0.1, 0.15) is 22.3 Å². The highest BCUT2D eigenvalue weighted by atomic mass is 15.0. The van der Waals surface area contributed by atoms with E-state index < -0.39 is 5.41 Å². The molecule has 2 N–H and O–H groups in total. The third-order valence-corrected chi connectivity index (χ3v) is 11.5. The summed E-state index contributed by atoms with van der Waals surface area (Å²) in [7, 11) is 0. The molecule has 0 atom stereocenters. The van der Waals surface area contributed by atoms with Crippen molar-refractivity contribution in [1.82, 2.24) is 15.0 Å². The Balaban J connectivity index is 1.01. The van der Waals surface area contributed by atoms with Crippen molar-refractivity contribution in [2.24, 2.45) is 0 Å². The second kappa shape index (κ2) is 12.6. The van der Waals surface area contributed by atoms with Gasteiger partial charge in [0, 0.05) is 22.4 Å². The maximum absolute atomic E-state index is 6.52. The van der Waals surface area contributed by atoms with E-state index in [2.05, 4.69) is 133 Å². The zero-order valence-corrected chi connectivity index (χ0v) is 30.4. The lowest BCUT2D eigenvalue weighted by atomic mass is 9.70. The SMILES string of the molecule is Nc1ccc2c(c1)-c1cc(-c3cccc(-c4cccc(-c5nc(-c6ccccc6)nc(-c6ccccc6)n5)c4)c3)ccc1C21c2ccccc2-c2ccccc21. The molecule has 8 aromatic carbocycles. The number of nitrogens with zero attached hydrogens (tertiary/aromatic N) is 3. The number of benzene rings is 8. The topological polar surface area (TPSA) is 64.7 Å². The standard InChI is InChI=1S/C52H34N4/c53-40-26-28-48-44(32-40)43-31-38(25-27-47(43)52(48)45-23-9-7-21-41(45)42-22-8-10-24-46(42)52)36-18-11-17-35(29-36)37-19-12-20-39(30-37)51-55-49(33-13-3-1-4-14-33)54-50(56-51)34-15-5-2-6-16-34/h1-32H,53H2. The summed E-state index contributed by atoms with van der Waals surface area (Å²) in [5.41, 5.74) is 24.4. The van der Waals surface area contributed by atoms with Crippen LogP contribution in [0.15, 0.2) is 194 Å². The normalized spacial score (nSPS) is 12.9. The van der Waals surface area contributed by atoms with E-state index in [9.17, 15) is 0 Å². The predicted octanol–water partition coefficient (Wildman–Crippen LogP) is 12.1. The van der Waals surface area contributed by atoms with Gasteiger partial charge in [-0.1, -0.05) is 164 Å². The summed E-state index contributed by atoms with van der Waals surface area (Å²) < 4.78 is 0. The number of hydrogen-bond acceptors (Lipinski definition) is 4. The van der Waals surface area contributed by atoms with Gasteiger partial charge in [-0.2, -0.15) is 0 Å². The molecule has 1 aromatic heterocycles. The summed E-state index contributed by atoms with van der Waals surface area (Å²) in [6.45, 7) is 0. The number of aromatic nitrogens is 3. The average molecular weight is 715 g/mol. The van der Waals surface area contributed by atoms with E-state index >= 15 is 0 Å². The van der Waals surface area contributed by atoms with Crippen LogP contribution in [0.3, 0.4) is 0 Å². The first-order chi connectivity index (χ1) is 27.6. The molecular formula is C52H34N4. The molecule has 1 heterocycles. The third kappa shape index (κ3) is 4.89. The van der Waals surface area contributed by atoms with Crippen molar-refractivity contribution in [1.29, 1.82) is 0 Å². The van der Waals surface area contributed by atoms with E-state index in [1.54, 1.807) is 0 Å². The lowest BCUT2D eigenvalue weighted by Crippen LogP contribution is -2.25. The van der Waals surface area contributed by atoms with Crippen molar-refractivity contribution in [2.75, 3.05) is 5.73 Å². The van der Waals surface area contributed by atoms with Crippen molar-refractivity contribution in [3.8, 4) is 78.7 Å². The molecule has 11 rings (SSSR count). The Hall–Kier alpha value is -7.43. The van der Waals surface area contributed by atoms with Gasteiger partial charge in [-0.15, -0.1) is 0 Å². The molecule has 0 amide bonds. The third-order valence-electron chi connectivity index (χ3n) is 11.5. The van der Waals surface area contributed by atoms with Gasteiger partial charge >= 0.3 is 0 Å². The highest BCUT2D eigenvalue weighted by Crippen LogP contribution is 2.63. The zero-order valence-electron chi connectivity index (χ0n) is 30.4. The minimum absolute atomic E-state index is 0.401. The predicted molar refractivity (Wildman–Crippen MR) is 228 cm³/mol. The van der Waals surface area contributed by atoms with Gasteiger partial charge < -0.3 is 5.73 Å². The fourth-order valence-corrected chi connectivity index (χ4v) is 9.00. The molecule has 0 unspecified atom stereocenters. The fraction of sp³-hybridized carbons (Fsp3) is 0.0192. The van der Waals surface area contributed by atoms with E-state index in [1.165, 1.54) is 44.5 Å². The Morgan fingerprint density at radius 2 is 0.679 bits per heavy atom. The average Bonchev–Trinajstić information content (AvgIpc) is 3.73. The fourth-order valence-electron chi connectivity index (χ4n) is 9.00. The highest BCUT2D eigenvalue weighted by molar-refractivity contribution is 5.96. The minimum atomic E-state index is -0.401. The quantitative estimate of drug-likeness (QED) is 0.180. The van der Waals surface area contributed by atoms with Crippen LogP contribution in [0.5, 0.6) is 0 Å². The second-order valence-corrected chi connectivity index (χ2v) is 14.6. The maximum atomic E-state index is 6.52. The molecule has 0 fully saturated rings. The van der Waals surface area contributed by atoms with Gasteiger partial charge in [0.2, 0.25) is 0 Å². The van der Waals surface area contributed by atoms with E-state index in [1.807, 2.05) is 60.7 Å². The summed E-state index contributed by atoms with van der Waals surface area (Å²) in [6.07, 6.45) is 0. The van der Waals surface area contributed by atoms with Crippen molar-refractivity contribution in [3.05, 3.63) is 216 Å². The molecule has 0 saturated carbocycles. The Labute approximate surface area is 325 Å². The summed E-state index contributed by atoms with van der Waals surface area (Å²) in [6, 6.07) is 68.7. The van der Waals surface area contributed by atoms with E-state index in [0.717, 1.165) is 44.6 Å². The van der Waals surface area contributed by atoms with Crippen LogP contribution in [0.2, 0.25) is 0 Å². The number of fused-ring (bicyclic) bond motifs is 10. The molecule has 262 valence electrons. The molecule has 0 aliphatic heterocycles. The van der Waals surface area contributed by atoms with Crippen LogP contribution in [0, 0.1) is 0 Å². The minimum Gasteiger partial charge on any atom is -0.399 e. The number of rotatable bonds is 5. The number of nitrogen functional groups attached to an aromatic ring is 1. The first-order valence-corrected chi connectivity index (χ1v) is 19.0. The van der Waals surface area contributed by atoms with Crippen molar-refractivity contribution in [3.63, 3.8) is 0 Å². The molecule has 9 aromatic rings. The molecule has 4 heteroatoms. The lowest BCUT2D eigenvalue weighted by molar-refractivity contribution is 0.794. The number of anilines is 1. The van der Waals surface area contributed by atoms with Gasteiger partial charge in [-0.3, -0.25) is 0 Å². The van der Waals surface area contributed by atoms with Crippen LogP contribution in [-0.4, -0.2) is 15.0 Å². The molecule has 0 radical (unpaired) electrons. The molecule has 0 bridgehead atoms. The Bertz CT molecular complexity index is 2880.